The zero-order chi connectivity index (χ0) is 59.8. The van der Waals surface area contributed by atoms with Gasteiger partial charge in [0.25, 0.3) is 0 Å². The maximum atomic E-state index is 9.29. The van der Waals surface area contributed by atoms with Gasteiger partial charge in [-0.05, 0) is 160 Å². The second-order valence-corrected chi connectivity index (χ2v) is 21.1. The maximum absolute atomic E-state index is 9.29. The molecule has 0 amide bonds. The minimum Gasteiger partial charge on any atom is -0.354 e. The van der Waals surface area contributed by atoms with Gasteiger partial charge in [0.1, 0.15) is 0 Å². The Bertz CT molecular complexity index is 4810. The molecule has 3 aromatic heterocycles. The van der Waals surface area contributed by atoms with Crippen LogP contribution in [-0.2, 0) is 26.2 Å². The van der Waals surface area contributed by atoms with E-state index in [2.05, 4.69) is 232 Å². The fourth-order valence-electron chi connectivity index (χ4n) is 11.7. The van der Waals surface area contributed by atoms with Crippen LogP contribution in [0.15, 0.2) is 239 Å². The molecule has 13 rings (SSSR count). The standard InChI is InChI=1S/C72H50N16/c73-85-77-41-45-11-13-57(43-79-87-75)59(39-45)51-21-27-55(28-22-51)71-65-33-31-61(81-65)69(53-9-5-2-6-10-53)62-32-34-66(82-62)72(56-29-23-52(24-30-56)60-40-46(42-78-86-74)12-14-58(60)44-80-88-76)68-38-36-64(84-68)70(63-35-37-67(71)83-63)54-25-19-50(20-26-54)49-17-15-48(16-18-49)47-7-3-1-4-8-47/h1-40,81,84H,41-44H2. The van der Waals surface area contributed by atoms with Gasteiger partial charge in [-0.3, -0.25) is 0 Å². The van der Waals surface area contributed by atoms with Crippen molar-refractivity contribution in [3.8, 4) is 89.0 Å². The summed E-state index contributed by atoms with van der Waals surface area (Å²) in [7, 11) is 0. The highest BCUT2D eigenvalue weighted by Gasteiger charge is 2.21. The first-order valence-electron chi connectivity index (χ1n) is 28.4. The van der Waals surface area contributed by atoms with Crippen LogP contribution in [0, 0.1) is 0 Å². The number of benzene rings is 8. The third-order valence-electron chi connectivity index (χ3n) is 15.9. The van der Waals surface area contributed by atoms with E-state index >= 15 is 0 Å². The van der Waals surface area contributed by atoms with Gasteiger partial charge in [-0.15, -0.1) is 0 Å². The maximum Gasteiger partial charge on any atom is 0.0737 e. The third-order valence-corrected chi connectivity index (χ3v) is 15.9. The number of rotatable bonds is 16. The van der Waals surface area contributed by atoms with Gasteiger partial charge in [0, 0.05) is 64.0 Å². The van der Waals surface area contributed by atoms with E-state index in [4.69, 9.17) is 21.0 Å². The Morgan fingerprint density at radius 3 is 0.886 bits per heavy atom. The van der Waals surface area contributed by atoms with Gasteiger partial charge in [-0.2, -0.15) is 0 Å². The van der Waals surface area contributed by atoms with Crippen LogP contribution in [0.3, 0.4) is 0 Å². The predicted octanol–water partition coefficient (Wildman–Crippen LogP) is 21.2. The van der Waals surface area contributed by atoms with Crippen molar-refractivity contribution in [3.05, 3.63) is 305 Å². The van der Waals surface area contributed by atoms with E-state index in [0.717, 1.165) is 156 Å². The van der Waals surface area contributed by atoms with Crippen molar-refractivity contribution in [3.63, 3.8) is 0 Å². The molecule has 11 aromatic rings. The Morgan fingerprint density at radius 2 is 0.557 bits per heavy atom. The lowest BCUT2D eigenvalue weighted by Gasteiger charge is -2.12. The second-order valence-electron chi connectivity index (χ2n) is 21.1. The van der Waals surface area contributed by atoms with Gasteiger partial charge in [0.2, 0.25) is 0 Å². The molecule has 8 bridgehead atoms. The Balaban J connectivity index is 1.03. The number of aromatic amines is 2. The normalized spacial score (nSPS) is 11.3. The van der Waals surface area contributed by atoms with Gasteiger partial charge in [0.15, 0.2) is 0 Å². The predicted molar refractivity (Wildman–Crippen MR) is 354 cm³/mol. The monoisotopic (exact) mass is 1140 g/mol. The molecule has 0 saturated carbocycles. The molecule has 0 radical (unpaired) electrons. The van der Waals surface area contributed by atoms with Crippen LogP contribution < -0.4 is 0 Å². The first-order valence-corrected chi connectivity index (χ1v) is 28.4. The molecule has 418 valence electrons. The van der Waals surface area contributed by atoms with Crippen LogP contribution in [0.4, 0.5) is 0 Å². The van der Waals surface area contributed by atoms with E-state index in [1.807, 2.05) is 60.7 Å². The van der Waals surface area contributed by atoms with Crippen molar-refractivity contribution >= 4 is 46.4 Å². The molecule has 88 heavy (non-hydrogen) atoms. The lowest BCUT2D eigenvalue weighted by atomic mass is 9.95. The number of hydrogen-bond donors (Lipinski definition) is 2. The summed E-state index contributed by atoms with van der Waals surface area (Å²) in [6, 6.07) is 74.5. The van der Waals surface area contributed by atoms with Crippen molar-refractivity contribution in [1.29, 1.82) is 0 Å². The van der Waals surface area contributed by atoms with E-state index in [-0.39, 0.29) is 26.2 Å². The fraction of sp³-hybridized carbons (Fsp3) is 0.0556. The number of fused-ring (bicyclic) bond motifs is 8. The average Bonchev–Trinajstić information content (AvgIpc) is 3.43. The molecule has 0 unspecified atom stereocenters. The number of H-pyrrole nitrogens is 2. The lowest BCUT2D eigenvalue weighted by molar-refractivity contribution is 1.02. The lowest BCUT2D eigenvalue weighted by Crippen LogP contribution is -1.92. The SMILES string of the molecule is [N-]=[N+]=NCc1ccc(CN=[N+]=[N-])c(-c2ccc(-c3c4nc(c(-c5ccc(-c6ccc(-c7ccccc7)cc6)cc5)c5ccc([nH]5)c(-c5ccc(-c6cc(CN=[N+]=[N-])ccc6CN=[N+]=[N-])cc5)c5nc(c(-c6ccccc6)c6ccc3[nH]6)C=C5)C=C4)cc2)c1. The Kier molecular flexibility index (Phi) is 15.5. The number of nitrogens with zero attached hydrogens (tertiary/aromatic N) is 14. The van der Waals surface area contributed by atoms with Crippen molar-refractivity contribution in [2.75, 3.05) is 0 Å². The first-order chi connectivity index (χ1) is 43.4. The van der Waals surface area contributed by atoms with Crippen LogP contribution in [0.1, 0.15) is 45.0 Å². The quantitative estimate of drug-likeness (QED) is 0.0544. The van der Waals surface area contributed by atoms with E-state index in [0.29, 0.717) is 0 Å². The minimum atomic E-state index is 0.151. The van der Waals surface area contributed by atoms with E-state index in [9.17, 15) is 11.1 Å². The Hall–Kier alpha value is -12.4. The summed E-state index contributed by atoms with van der Waals surface area (Å²) >= 11 is 0. The summed E-state index contributed by atoms with van der Waals surface area (Å²) < 4.78 is 0. The van der Waals surface area contributed by atoms with Gasteiger partial charge >= 0.3 is 0 Å². The molecule has 2 N–H and O–H groups in total. The Labute approximate surface area is 504 Å². The van der Waals surface area contributed by atoms with Crippen LogP contribution in [-0.4, -0.2) is 19.9 Å². The molecule has 16 heteroatoms. The number of azide groups is 4. The average molecular weight is 1140 g/mol. The first kappa shape index (κ1) is 54.8. The van der Waals surface area contributed by atoms with Gasteiger partial charge in [0.05, 0.1) is 49.0 Å². The topological polar surface area (TPSA) is 252 Å². The molecule has 0 saturated heterocycles. The molecule has 0 fully saturated rings. The molecule has 2 aliphatic heterocycles. The smallest absolute Gasteiger partial charge is 0.0737 e. The molecule has 16 nitrogen and oxygen atoms in total. The largest absolute Gasteiger partial charge is 0.354 e. The molecule has 5 heterocycles. The summed E-state index contributed by atoms with van der Waals surface area (Å²) in [6.45, 7) is 0.658. The van der Waals surface area contributed by atoms with Crippen molar-refractivity contribution in [1.82, 2.24) is 19.9 Å². The van der Waals surface area contributed by atoms with Crippen LogP contribution >= 0.6 is 0 Å². The molecule has 0 spiro atoms. The van der Waals surface area contributed by atoms with Crippen LogP contribution in [0.25, 0.3) is 177 Å². The number of aromatic nitrogens is 4. The summed E-state index contributed by atoms with van der Waals surface area (Å²) in [4.78, 5) is 30.9. The van der Waals surface area contributed by atoms with Crippen molar-refractivity contribution in [2.24, 2.45) is 20.5 Å². The zero-order valence-corrected chi connectivity index (χ0v) is 47.2. The van der Waals surface area contributed by atoms with E-state index in [1.165, 1.54) is 0 Å². The molecule has 0 atom stereocenters. The van der Waals surface area contributed by atoms with Crippen LogP contribution in [0.2, 0.25) is 0 Å². The summed E-state index contributed by atoms with van der Waals surface area (Å²) in [6.07, 6.45) is 8.32. The number of hydrogen-bond acceptors (Lipinski definition) is 6. The van der Waals surface area contributed by atoms with Crippen molar-refractivity contribution < 1.29 is 0 Å². The van der Waals surface area contributed by atoms with Gasteiger partial charge in [-0.1, -0.05) is 215 Å². The van der Waals surface area contributed by atoms with E-state index in [1.54, 1.807) is 0 Å². The molecule has 8 aromatic carbocycles. The summed E-state index contributed by atoms with van der Waals surface area (Å²) in [5, 5.41) is 15.4. The highest BCUT2D eigenvalue weighted by atomic mass is 15.1. The second kappa shape index (κ2) is 24.8. The third kappa shape index (κ3) is 11.3. The van der Waals surface area contributed by atoms with Crippen LogP contribution in [0.5, 0.6) is 0 Å². The summed E-state index contributed by atoms with van der Waals surface area (Å²) in [5.74, 6) is 0. The Morgan fingerprint density at radius 1 is 0.284 bits per heavy atom. The molecule has 0 aliphatic carbocycles. The minimum absolute atomic E-state index is 0.151. The number of nitrogens with one attached hydrogen (secondary N) is 2. The van der Waals surface area contributed by atoms with Gasteiger partial charge in [-0.25, -0.2) is 9.97 Å². The van der Waals surface area contributed by atoms with E-state index < -0.39 is 0 Å². The van der Waals surface area contributed by atoms with Crippen molar-refractivity contribution in [2.45, 2.75) is 26.2 Å². The molecule has 2 aliphatic rings. The molecular formula is C72H50N16. The fourth-order valence-corrected chi connectivity index (χ4v) is 11.7. The summed E-state index contributed by atoms with van der Waals surface area (Å²) in [5.41, 5.74) is 61.9. The highest BCUT2D eigenvalue weighted by molar-refractivity contribution is 6.00. The molecular weight excluding hydrogens is 1090 g/mol. The van der Waals surface area contributed by atoms with Gasteiger partial charge < -0.3 is 9.97 Å². The highest BCUT2D eigenvalue weighted by Crippen LogP contribution is 2.41. The zero-order valence-electron chi connectivity index (χ0n) is 47.2.